The van der Waals surface area contributed by atoms with Crippen LogP contribution in [0.3, 0.4) is 0 Å². The Morgan fingerprint density at radius 1 is 1.32 bits per heavy atom. The SMILES string of the molecule is CCNCc1csc(N(C)Cc2ccc(F)cc2)n1. The molecular weight excluding hydrogens is 261 g/mol. The van der Waals surface area contributed by atoms with Crippen LogP contribution < -0.4 is 10.2 Å². The van der Waals surface area contributed by atoms with Gasteiger partial charge in [-0.2, -0.15) is 0 Å². The number of hydrogen-bond acceptors (Lipinski definition) is 4. The molecule has 0 bridgehead atoms. The van der Waals surface area contributed by atoms with Crippen molar-refractivity contribution < 1.29 is 4.39 Å². The maximum absolute atomic E-state index is 12.8. The summed E-state index contributed by atoms with van der Waals surface area (Å²) in [6.45, 7) is 4.55. The second kappa shape index (κ2) is 6.63. The molecule has 0 aliphatic heterocycles. The van der Waals surface area contributed by atoms with Gasteiger partial charge < -0.3 is 10.2 Å². The van der Waals surface area contributed by atoms with Crippen molar-refractivity contribution in [2.75, 3.05) is 18.5 Å². The van der Waals surface area contributed by atoms with Crippen LogP contribution in [0.1, 0.15) is 18.2 Å². The van der Waals surface area contributed by atoms with Crippen molar-refractivity contribution in [3.8, 4) is 0 Å². The number of halogens is 1. The van der Waals surface area contributed by atoms with E-state index in [1.807, 2.05) is 7.05 Å². The minimum absolute atomic E-state index is 0.200. The Bertz CT molecular complexity index is 510. The highest BCUT2D eigenvalue weighted by Gasteiger charge is 2.07. The molecule has 2 rings (SSSR count). The lowest BCUT2D eigenvalue weighted by Gasteiger charge is -2.15. The van der Waals surface area contributed by atoms with Gasteiger partial charge in [0, 0.05) is 25.5 Å². The molecule has 1 heterocycles. The van der Waals surface area contributed by atoms with Crippen molar-refractivity contribution in [3.05, 3.63) is 46.7 Å². The smallest absolute Gasteiger partial charge is 0.185 e. The molecule has 0 saturated heterocycles. The van der Waals surface area contributed by atoms with Gasteiger partial charge in [0.1, 0.15) is 5.82 Å². The molecule has 1 aromatic heterocycles. The predicted octanol–water partition coefficient (Wildman–Crippen LogP) is 3.03. The largest absolute Gasteiger partial charge is 0.347 e. The lowest BCUT2D eigenvalue weighted by molar-refractivity contribution is 0.627. The predicted molar refractivity (Wildman–Crippen MR) is 78.0 cm³/mol. The number of hydrogen-bond donors (Lipinski definition) is 1. The monoisotopic (exact) mass is 279 g/mol. The van der Waals surface area contributed by atoms with Gasteiger partial charge in [0.2, 0.25) is 0 Å². The maximum atomic E-state index is 12.8. The Kier molecular flexibility index (Phi) is 4.87. The zero-order chi connectivity index (χ0) is 13.7. The van der Waals surface area contributed by atoms with Crippen molar-refractivity contribution in [1.82, 2.24) is 10.3 Å². The summed E-state index contributed by atoms with van der Waals surface area (Å²) in [6.07, 6.45) is 0. The number of benzene rings is 1. The van der Waals surface area contributed by atoms with E-state index >= 15 is 0 Å². The van der Waals surface area contributed by atoms with Crippen molar-refractivity contribution in [3.63, 3.8) is 0 Å². The van der Waals surface area contributed by atoms with Gasteiger partial charge >= 0.3 is 0 Å². The Morgan fingerprint density at radius 2 is 2.05 bits per heavy atom. The molecule has 0 radical (unpaired) electrons. The highest BCUT2D eigenvalue weighted by molar-refractivity contribution is 7.13. The molecule has 0 unspecified atom stereocenters. The third kappa shape index (κ3) is 4.01. The van der Waals surface area contributed by atoms with Crippen molar-refractivity contribution in [2.45, 2.75) is 20.0 Å². The minimum atomic E-state index is -0.200. The zero-order valence-corrected chi connectivity index (χ0v) is 12.0. The minimum Gasteiger partial charge on any atom is -0.347 e. The fraction of sp³-hybridized carbons (Fsp3) is 0.357. The van der Waals surface area contributed by atoms with Crippen molar-refractivity contribution in [2.24, 2.45) is 0 Å². The molecule has 102 valence electrons. The van der Waals surface area contributed by atoms with Crippen molar-refractivity contribution >= 4 is 16.5 Å². The van der Waals surface area contributed by atoms with Gasteiger partial charge in [-0.25, -0.2) is 9.37 Å². The van der Waals surface area contributed by atoms with E-state index in [0.717, 1.165) is 36.0 Å². The Morgan fingerprint density at radius 3 is 2.74 bits per heavy atom. The summed E-state index contributed by atoms with van der Waals surface area (Å²) in [7, 11) is 2.00. The second-order valence-electron chi connectivity index (χ2n) is 4.38. The topological polar surface area (TPSA) is 28.2 Å². The fourth-order valence-corrected chi connectivity index (χ4v) is 2.53. The number of nitrogens with zero attached hydrogens (tertiary/aromatic N) is 2. The molecule has 1 aromatic carbocycles. The summed E-state index contributed by atoms with van der Waals surface area (Å²) >= 11 is 1.63. The van der Waals surface area contributed by atoms with Gasteiger partial charge in [0.25, 0.3) is 0 Å². The van der Waals surface area contributed by atoms with Crippen LogP contribution in [0, 0.1) is 5.82 Å². The van der Waals surface area contributed by atoms with E-state index < -0.39 is 0 Å². The summed E-state index contributed by atoms with van der Waals surface area (Å²) in [5, 5.41) is 6.31. The van der Waals surface area contributed by atoms with Crippen LogP contribution >= 0.6 is 11.3 Å². The van der Waals surface area contributed by atoms with Gasteiger partial charge in [-0.05, 0) is 24.2 Å². The van der Waals surface area contributed by atoms with E-state index in [9.17, 15) is 4.39 Å². The third-order valence-corrected chi connectivity index (χ3v) is 3.76. The Hall–Kier alpha value is -1.46. The van der Waals surface area contributed by atoms with Crippen molar-refractivity contribution in [1.29, 1.82) is 0 Å². The highest BCUT2D eigenvalue weighted by atomic mass is 32.1. The maximum Gasteiger partial charge on any atom is 0.185 e. The molecule has 3 nitrogen and oxygen atoms in total. The summed E-state index contributed by atoms with van der Waals surface area (Å²) in [5.41, 5.74) is 2.14. The number of anilines is 1. The van der Waals surface area contributed by atoms with Crippen LogP contribution in [0.5, 0.6) is 0 Å². The van der Waals surface area contributed by atoms with Crippen LogP contribution in [0.4, 0.5) is 9.52 Å². The normalized spacial score (nSPS) is 10.7. The number of thiazole rings is 1. The van der Waals surface area contributed by atoms with Crippen LogP contribution in [0.2, 0.25) is 0 Å². The molecule has 0 atom stereocenters. The van der Waals surface area contributed by atoms with E-state index in [1.165, 1.54) is 12.1 Å². The van der Waals surface area contributed by atoms with Crippen LogP contribution in [0.25, 0.3) is 0 Å². The Labute approximate surface area is 117 Å². The lowest BCUT2D eigenvalue weighted by Crippen LogP contribution is -2.17. The van der Waals surface area contributed by atoms with Gasteiger partial charge in [0.05, 0.1) is 5.69 Å². The molecule has 0 aliphatic rings. The Balaban J connectivity index is 1.97. The molecule has 2 aromatic rings. The van der Waals surface area contributed by atoms with E-state index in [2.05, 4.69) is 27.5 Å². The first kappa shape index (κ1) is 14.0. The van der Waals surface area contributed by atoms with E-state index in [1.54, 1.807) is 23.5 Å². The van der Waals surface area contributed by atoms with Gasteiger partial charge in [-0.1, -0.05) is 19.1 Å². The average molecular weight is 279 g/mol. The molecule has 0 amide bonds. The summed E-state index contributed by atoms with van der Waals surface area (Å²) < 4.78 is 12.8. The van der Waals surface area contributed by atoms with E-state index in [0.29, 0.717) is 0 Å². The number of rotatable bonds is 6. The molecule has 0 fully saturated rings. The second-order valence-corrected chi connectivity index (χ2v) is 5.22. The van der Waals surface area contributed by atoms with Crippen LogP contribution in [0.15, 0.2) is 29.6 Å². The zero-order valence-electron chi connectivity index (χ0n) is 11.2. The molecule has 0 aliphatic carbocycles. The molecule has 0 spiro atoms. The standard InChI is InChI=1S/C14H18FN3S/c1-3-16-8-13-10-19-14(17-13)18(2)9-11-4-6-12(15)7-5-11/h4-7,10,16H,3,8-9H2,1-2H3. The van der Waals surface area contributed by atoms with Gasteiger partial charge in [-0.15, -0.1) is 11.3 Å². The number of aromatic nitrogens is 1. The highest BCUT2D eigenvalue weighted by Crippen LogP contribution is 2.21. The van der Waals surface area contributed by atoms with Gasteiger partial charge in [0.15, 0.2) is 5.13 Å². The van der Waals surface area contributed by atoms with Crippen LogP contribution in [-0.4, -0.2) is 18.6 Å². The van der Waals surface area contributed by atoms with E-state index in [-0.39, 0.29) is 5.82 Å². The van der Waals surface area contributed by atoms with Crippen LogP contribution in [-0.2, 0) is 13.1 Å². The summed E-state index contributed by atoms with van der Waals surface area (Å²) in [6, 6.07) is 6.58. The fourth-order valence-electron chi connectivity index (χ4n) is 1.74. The summed E-state index contributed by atoms with van der Waals surface area (Å²) in [4.78, 5) is 6.65. The first-order valence-corrected chi connectivity index (χ1v) is 7.17. The van der Waals surface area contributed by atoms with E-state index in [4.69, 9.17) is 0 Å². The van der Waals surface area contributed by atoms with Gasteiger partial charge in [-0.3, -0.25) is 0 Å². The third-order valence-electron chi connectivity index (χ3n) is 2.76. The average Bonchev–Trinajstić information content (AvgIpc) is 2.88. The summed E-state index contributed by atoms with van der Waals surface area (Å²) in [5.74, 6) is -0.200. The number of nitrogens with one attached hydrogen (secondary N) is 1. The molecule has 0 saturated carbocycles. The lowest BCUT2D eigenvalue weighted by atomic mass is 10.2. The molecular formula is C14H18FN3S. The quantitative estimate of drug-likeness (QED) is 0.881. The molecule has 5 heteroatoms. The first-order chi connectivity index (χ1) is 9.19. The first-order valence-electron chi connectivity index (χ1n) is 6.29. The molecule has 19 heavy (non-hydrogen) atoms. The molecule has 1 N–H and O–H groups in total.